The molecule has 0 N–H and O–H groups in total. The van der Waals surface area contributed by atoms with E-state index in [1.807, 2.05) is 0 Å². The van der Waals surface area contributed by atoms with Gasteiger partial charge in [0.05, 0.1) is 18.7 Å². The fourth-order valence-corrected chi connectivity index (χ4v) is 2.60. The summed E-state index contributed by atoms with van der Waals surface area (Å²) in [4.78, 5) is 31.2. The number of rotatable bonds is 7. The zero-order valence-corrected chi connectivity index (χ0v) is 11.5. The highest BCUT2D eigenvalue weighted by Gasteiger charge is 2.47. The largest absolute Gasteiger partial charge is 0.434 e. The van der Waals surface area contributed by atoms with Crippen LogP contribution in [0.4, 0.5) is 4.79 Å². The summed E-state index contributed by atoms with van der Waals surface area (Å²) in [6.45, 7) is 3.20. The number of carbonyl (C=O) groups is 2. The number of unbranched alkanes of at least 4 members (excludes halogenated alkanes) is 1. The number of urea groups is 1. The summed E-state index contributed by atoms with van der Waals surface area (Å²) in [6, 6.07) is -0.513. The van der Waals surface area contributed by atoms with Crippen molar-refractivity contribution in [3.63, 3.8) is 0 Å². The lowest BCUT2D eigenvalue weighted by atomic mass is 9.82. The molecule has 0 unspecified atom stereocenters. The maximum Gasteiger partial charge on any atom is 0.378 e. The summed E-state index contributed by atoms with van der Waals surface area (Å²) >= 11 is 0. The van der Waals surface area contributed by atoms with E-state index >= 15 is 0 Å². The van der Waals surface area contributed by atoms with Crippen molar-refractivity contribution in [3.8, 4) is 0 Å². The monoisotopic (exact) mass is 267 g/mol. The lowest BCUT2D eigenvalue weighted by Gasteiger charge is -2.28. The number of hydrogen-bond donors (Lipinski definition) is 0. The number of carbonyl (C=O) groups excluding carboxylic acids is 2. The van der Waals surface area contributed by atoms with Crippen molar-refractivity contribution < 1.29 is 19.1 Å². The minimum Gasteiger partial charge on any atom is -0.434 e. The summed E-state index contributed by atoms with van der Waals surface area (Å²) in [5.74, 6) is 0. The highest BCUT2D eigenvalue weighted by molar-refractivity contribution is 6.70. The summed E-state index contributed by atoms with van der Waals surface area (Å²) in [5, 5.41) is 1.45. The summed E-state index contributed by atoms with van der Waals surface area (Å²) < 4.78 is 4.75. The van der Waals surface area contributed by atoms with Crippen molar-refractivity contribution in [1.82, 2.24) is 9.96 Å². The fourth-order valence-electron chi connectivity index (χ4n) is 2.60. The number of hydrogen-bond acceptors (Lipinski definition) is 4. The van der Waals surface area contributed by atoms with Crippen LogP contribution in [-0.4, -0.2) is 61.5 Å². The van der Waals surface area contributed by atoms with Gasteiger partial charge in [-0.15, -0.1) is 0 Å². The van der Waals surface area contributed by atoms with E-state index in [1.54, 1.807) is 4.90 Å². The molecule has 2 amide bonds. The van der Waals surface area contributed by atoms with E-state index in [2.05, 4.69) is 6.92 Å². The lowest BCUT2D eigenvalue weighted by molar-refractivity contribution is -0.130. The summed E-state index contributed by atoms with van der Waals surface area (Å²) in [7, 11) is 2.62. The van der Waals surface area contributed by atoms with Gasteiger partial charge in [0.15, 0.2) is 0 Å². The first kappa shape index (κ1) is 14.3. The van der Waals surface area contributed by atoms with Gasteiger partial charge in [0.25, 0.3) is 0 Å². The molecule has 2 rings (SSSR count). The Balaban J connectivity index is 1.96. The van der Waals surface area contributed by atoms with Crippen molar-refractivity contribution in [2.24, 2.45) is 0 Å². The highest BCUT2D eigenvalue weighted by Crippen LogP contribution is 2.30. The molecule has 2 aliphatic rings. The predicted molar refractivity (Wildman–Crippen MR) is 69.4 cm³/mol. The first-order valence-electron chi connectivity index (χ1n) is 6.81. The molecular weight excluding hydrogens is 247 g/mol. The van der Waals surface area contributed by atoms with Gasteiger partial charge in [0.1, 0.15) is 5.68 Å². The number of nitrogens with zero attached hydrogens (tertiary/aromatic N) is 2. The van der Waals surface area contributed by atoms with Gasteiger partial charge < -0.3 is 14.3 Å². The molecule has 1 radical (unpaired) electrons. The SMILES string of the molecule is CCCCON1C(=O)N2C[C@@H]1CC[C@H]2C(=O)[B]OC. The molecule has 0 saturated carbocycles. The second kappa shape index (κ2) is 6.39. The first-order valence-corrected chi connectivity index (χ1v) is 6.81. The van der Waals surface area contributed by atoms with Crippen LogP contribution in [-0.2, 0) is 14.3 Å². The molecule has 2 atom stereocenters. The normalized spacial score (nSPS) is 25.9. The zero-order chi connectivity index (χ0) is 13.8. The number of amides is 2. The standard InChI is InChI=1S/C12H20BN2O4/c1-3-4-7-19-15-9-5-6-10(11(16)13-18-2)14(8-9)12(15)17/h9-10H,3-8H2,1-2H3/t9-,10-/m0/s1. The first-order chi connectivity index (χ1) is 9.19. The van der Waals surface area contributed by atoms with Gasteiger partial charge in [-0.2, -0.15) is 5.06 Å². The molecule has 105 valence electrons. The minimum atomic E-state index is -0.400. The lowest BCUT2D eigenvalue weighted by Crippen LogP contribution is -2.47. The maximum absolute atomic E-state index is 12.2. The third-order valence-electron chi connectivity index (χ3n) is 3.61. The fraction of sp³-hybridized carbons (Fsp3) is 0.833. The van der Waals surface area contributed by atoms with E-state index in [1.165, 1.54) is 19.7 Å². The van der Waals surface area contributed by atoms with Crippen molar-refractivity contribution in [2.75, 3.05) is 20.3 Å². The van der Waals surface area contributed by atoms with E-state index < -0.39 is 6.04 Å². The third-order valence-corrected chi connectivity index (χ3v) is 3.61. The molecular formula is C12H20BN2O4. The average molecular weight is 267 g/mol. The smallest absolute Gasteiger partial charge is 0.378 e. The van der Waals surface area contributed by atoms with Crippen LogP contribution in [0.3, 0.4) is 0 Å². The topological polar surface area (TPSA) is 59.1 Å². The molecule has 2 bridgehead atoms. The second-order valence-corrected chi connectivity index (χ2v) is 4.95. The molecule has 0 aromatic rings. The van der Waals surface area contributed by atoms with Crippen LogP contribution < -0.4 is 0 Å². The summed E-state index contributed by atoms with van der Waals surface area (Å²) in [6.07, 6.45) is 3.42. The Labute approximate surface area is 114 Å². The molecule has 2 aliphatic heterocycles. The van der Waals surface area contributed by atoms with Gasteiger partial charge in [0.2, 0.25) is 0 Å². The Bertz CT molecular complexity index is 353. The van der Waals surface area contributed by atoms with Crippen molar-refractivity contribution in [2.45, 2.75) is 44.7 Å². The number of piperidine rings is 1. The van der Waals surface area contributed by atoms with Crippen LogP contribution in [0.2, 0.25) is 0 Å². The van der Waals surface area contributed by atoms with Crippen LogP contribution in [0.15, 0.2) is 0 Å². The number of hydroxylamine groups is 2. The number of fused-ring (bicyclic) bond motifs is 2. The second-order valence-electron chi connectivity index (χ2n) is 4.95. The van der Waals surface area contributed by atoms with Crippen molar-refractivity contribution in [1.29, 1.82) is 0 Å². The van der Waals surface area contributed by atoms with Crippen molar-refractivity contribution >= 4 is 19.2 Å². The molecule has 6 nitrogen and oxygen atoms in total. The van der Waals surface area contributed by atoms with Crippen LogP contribution in [0, 0.1) is 0 Å². The molecule has 2 heterocycles. The van der Waals surface area contributed by atoms with E-state index in [9.17, 15) is 9.59 Å². The Morgan fingerprint density at radius 2 is 2.26 bits per heavy atom. The molecule has 0 aliphatic carbocycles. The van der Waals surface area contributed by atoms with Gasteiger partial charge >= 0.3 is 13.5 Å². The molecule has 0 spiro atoms. The molecule has 2 saturated heterocycles. The Kier molecular flexibility index (Phi) is 4.82. The highest BCUT2D eigenvalue weighted by atomic mass is 16.7. The van der Waals surface area contributed by atoms with Gasteiger partial charge in [0, 0.05) is 13.7 Å². The van der Waals surface area contributed by atoms with E-state index in [-0.39, 0.29) is 17.8 Å². The van der Waals surface area contributed by atoms with Crippen LogP contribution in [0.25, 0.3) is 0 Å². The Morgan fingerprint density at radius 1 is 1.47 bits per heavy atom. The quantitative estimate of drug-likeness (QED) is 0.505. The van der Waals surface area contributed by atoms with E-state index in [4.69, 9.17) is 9.49 Å². The Hall–Kier alpha value is -1.08. The average Bonchev–Trinajstić information content (AvgIpc) is 2.64. The Morgan fingerprint density at radius 3 is 2.95 bits per heavy atom. The van der Waals surface area contributed by atoms with Crippen molar-refractivity contribution in [3.05, 3.63) is 0 Å². The van der Waals surface area contributed by atoms with Crippen LogP contribution in [0.5, 0.6) is 0 Å². The zero-order valence-electron chi connectivity index (χ0n) is 11.5. The molecule has 2 fully saturated rings. The molecule has 7 heteroatoms. The molecule has 0 aromatic carbocycles. The van der Waals surface area contributed by atoms with Crippen LogP contribution in [0.1, 0.15) is 32.6 Å². The van der Waals surface area contributed by atoms with Gasteiger partial charge in [-0.05, 0) is 19.3 Å². The van der Waals surface area contributed by atoms with E-state index in [0.29, 0.717) is 19.6 Å². The maximum atomic E-state index is 12.2. The molecule has 0 aromatic heterocycles. The van der Waals surface area contributed by atoms with Gasteiger partial charge in [-0.1, -0.05) is 13.3 Å². The summed E-state index contributed by atoms with van der Waals surface area (Å²) in [5.41, 5.74) is -0.148. The van der Waals surface area contributed by atoms with Gasteiger partial charge in [-0.3, -0.25) is 4.84 Å². The minimum absolute atomic E-state index is 0.0796. The van der Waals surface area contributed by atoms with Crippen LogP contribution >= 0.6 is 0 Å². The predicted octanol–water partition coefficient (Wildman–Crippen LogP) is 0.779. The van der Waals surface area contributed by atoms with Gasteiger partial charge in [-0.25, -0.2) is 4.79 Å². The third kappa shape index (κ3) is 2.92. The molecule has 19 heavy (non-hydrogen) atoms. The van der Waals surface area contributed by atoms with E-state index in [0.717, 1.165) is 19.3 Å².